The minimum absolute atomic E-state index is 0.00910. The van der Waals surface area contributed by atoms with Crippen LogP contribution >= 0.6 is 0 Å². The number of hydrogen-bond acceptors (Lipinski definition) is 3. The van der Waals surface area contributed by atoms with E-state index in [4.69, 9.17) is 0 Å². The number of carbonyl (C=O) groups excluding carboxylic acids is 1. The van der Waals surface area contributed by atoms with Crippen LogP contribution in [0.3, 0.4) is 0 Å². The van der Waals surface area contributed by atoms with Crippen molar-refractivity contribution in [3.63, 3.8) is 0 Å². The van der Waals surface area contributed by atoms with Gasteiger partial charge in [0.25, 0.3) is 0 Å². The average Bonchev–Trinajstić information content (AvgIpc) is 3.60. The summed E-state index contributed by atoms with van der Waals surface area (Å²) in [6, 6.07) is 0.00910. The van der Waals surface area contributed by atoms with Gasteiger partial charge in [0.1, 0.15) is 0 Å². The lowest BCUT2D eigenvalue weighted by Crippen LogP contribution is -2.57. The Balaban J connectivity index is 1.24. The molecule has 146 valence electrons. The standard InChI is InChI=1S/C20H35N5O/c1-16(18(26)24-9-3-4-10-24)23-11-13-25(14-12-23)19(21-2)22-15-20(7-8-20)17-5-6-17/h16-17H,3-15H2,1-2H3,(H,21,22). The zero-order chi connectivity index (χ0) is 18.1. The second-order valence-electron chi connectivity index (χ2n) is 8.77. The molecule has 6 nitrogen and oxygen atoms in total. The van der Waals surface area contributed by atoms with Gasteiger partial charge in [-0.05, 0) is 56.8 Å². The van der Waals surface area contributed by atoms with Gasteiger partial charge in [0.05, 0.1) is 6.04 Å². The van der Waals surface area contributed by atoms with E-state index in [1.807, 2.05) is 11.9 Å². The van der Waals surface area contributed by atoms with Gasteiger partial charge in [0.15, 0.2) is 5.96 Å². The summed E-state index contributed by atoms with van der Waals surface area (Å²) in [6.45, 7) is 8.85. The Morgan fingerprint density at radius 3 is 2.27 bits per heavy atom. The fourth-order valence-corrected chi connectivity index (χ4v) is 4.85. The van der Waals surface area contributed by atoms with E-state index in [1.54, 1.807) is 0 Å². The number of likely N-dealkylation sites (tertiary alicyclic amines) is 1. The molecule has 0 radical (unpaired) electrons. The first-order chi connectivity index (χ1) is 12.6. The third kappa shape index (κ3) is 3.71. The maximum absolute atomic E-state index is 12.6. The normalized spacial score (nSPS) is 27.5. The molecule has 1 unspecified atom stereocenters. The lowest BCUT2D eigenvalue weighted by molar-refractivity contribution is -0.135. The first-order valence-corrected chi connectivity index (χ1v) is 10.6. The van der Waals surface area contributed by atoms with Gasteiger partial charge in [-0.25, -0.2) is 0 Å². The van der Waals surface area contributed by atoms with E-state index in [9.17, 15) is 4.79 Å². The van der Waals surface area contributed by atoms with Gasteiger partial charge in [0.2, 0.25) is 5.91 Å². The van der Waals surface area contributed by atoms with Gasteiger partial charge in [0, 0.05) is 52.9 Å². The van der Waals surface area contributed by atoms with Gasteiger partial charge in [-0.3, -0.25) is 14.7 Å². The lowest BCUT2D eigenvalue weighted by Gasteiger charge is -2.39. The van der Waals surface area contributed by atoms with Crippen molar-refractivity contribution in [2.45, 2.75) is 51.5 Å². The molecule has 0 spiro atoms. The molecule has 0 aromatic heterocycles. The molecule has 2 heterocycles. The summed E-state index contributed by atoms with van der Waals surface area (Å²) in [6.07, 6.45) is 7.98. The Morgan fingerprint density at radius 1 is 1.08 bits per heavy atom. The SMILES string of the molecule is CN=C(NCC1(C2CC2)CC1)N1CCN(C(C)C(=O)N2CCCC2)CC1. The second-order valence-corrected chi connectivity index (χ2v) is 8.77. The van der Waals surface area contributed by atoms with E-state index in [0.717, 1.165) is 70.5 Å². The van der Waals surface area contributed by atoms with Crippen molar-refractivity contribution < 1.29 is 4.79 Å². The van der Waals surface area contributed by atoms with E-state index in [-0.39, 0.29) is 6.04 Å². The molecule has 4 rings (SSSR count). The van der Waals surface area contributed by atoms with Crippen LogP contribution in [0.2, 0.25) is 0 Å². The molecule has 1 atom stereocenters. The Hall–Kier alpha value is -1.30. The van der Waals surface area contributed by atoms with Crippen molar-refractivity contribution in [2.24, 2.45) is 16.3 Å². The van der Waals surface area contributed by atoms with Gasteiger partial charge in [-0.2, -0.15) is 0 Å². The first-order valence-electron chi connectivity index (χ1n) is 10.6. The molecule has 4 fully saturated rings. The molecule has 0 aromatic carbocycles. The summed E-state index contributed by atoms with van der Waals surface area (Å²) >= 11 is 0. The topological polar surface area (TPSA) is 51.2 Å². The predicted molar refractivity (Wildman–Crippen MR) is 104 cm³/mol. The molecule has 0 bridgehead atoms. The first kappa shape index (κ1) is 18.1. The zero-order valence-corrected chi connectivity index (χ0v) is 16.5. The van der Waals surface area contributed by atoms with Crippen LogP contribution in [0.5, 0.6) is 0 Å². The number of carbonyl (C=O) groups is 1. The van der Waals surface area contributed by atoms with Crippen LogP contribution in [0, 0.1) is 11.3 Å². The molecular formula is C20H35N5O. The smallest absolute Gasteiger partial charge is 0.239 e. The molecule has 2 saturated heterocycles. The highest BCUT2D eigenvalue weighted by molar-refractivity contribution is 5.82. The van der Waals surface area contributed by atoms with E-state index in [0.29, 0.717) is 11.3 Å². The van der Waals surface area contributed by atoms with Gasteiger partial charge >= 0.3 is 0 Å². The van der Waals surface area contributed by atoms with Crippen LogP contribution in [0.4, 0.5) is 0 Å². The summed E-state index contributed by atoms with van der Waals surface area (Å²) in [5, 5.41) is 3.66. The van der Waals surface area contributed by atoms with Crippen LogP contribution in [-0.2, 0) is 4.79 Å². The minimum atomic E-state index is 0.00910. The Labute approximate surface area is 158 Å². The molecular weight excluding hydrogens is 326 g/mol. The highest BCUT2D eigenvalue weighted by Gasteiger charge is 2.53. The Morgan fingerprint density at radius 2 is 1.73 bits per heavy atom. The van der Waals surface area contributed by atoms with E-state index < -0.39 is 0 Å². The maximum atomic E-state index is 12.6. The van der Waals surface area contributed by atoms with Crippen LogP contribution in [-0.4, -0.2) is 85.5 Å². The number of piperazine rings is 1. The van der Waals surface area contributed by atoms with Crippen LogP contribution < -0.4 is 5.32 Å². The molecule has 1 N–H and O–H groups in total. The number of hydrogen-bond donors (Lipinski definition) is 1. The molecule has 0 aromatic rings. The predicted octanol–water partition coefficient (Wildman–Crippen LogP) is 1.38. The molecule has 6 heteroatoms. The highest BCUT2D eigenvalue weighted by atomic mass is 16.2. The van der Waals surface area contributed by atoms with Gasteiger partial charge < -0.3 is 15.1 Å². The lowest BCUT2D eigenvalue weighted by atomic mass is 10.0. The van der Waals surface area contributed by atoms with Crippen molar-refractivity contribution >= 4 is 11.9 Å². The average molecular weight is 362 g/mol. The molecule has 2 aliphatic heterocycles. The molecule has 2 saturated carbocycles. The molecule has 2 aliphatic carbocycles. The van der Waals surface area contributed by atoms with Crippen molar-refractivity contribution in [3.05, 3.63) is 0 Å². The monoisotopic (exact) mass is 361 g/mol. The number of amides is 1. The van der Waals surface area contributed by atoms with Gasteiger partial charge in [-0.15, -0.1) is 0 Å². The summed E-state index contributed by atoms with van der Waals surface area (Å²) in [5.74, 6) is 2.34. The van der Waals surface area contributed by atoms with Crippen molar-refractivity contribution in [1.29, 1.82) is 0 Å². The van der Waals surface area contributed by atoms with Crippen molar-refractivity contribution in [1.82, 2.24) is 20.0 Å². The van der Waals surface area contributed by atoms with Gasteiger partial charge in [-0.1, -0.05) is 0 Å². The molecule has 4 aliphatic rings. The third-order valence-electron chi connectivity index (χ3n) is 7.08. The summed E-state index contributed by atoms with van der Waals surface area (Å²) in [4.78, 5) is 23.9. The van der Waals surface area contributed by atoms with Crippen LogP contribution in [0.15, 0.2) is 4.99 Å². The van der Waals surface area contributed by atoms with E-state index >= 15 is 0 Å². The number of nitrogens with zero attached hydrogens (tertiary/aromatic N) is 4. The number of guanidine groups is 1. The van der Waals surface area contributed by atoms with E-state index in [2.05, 4.69) is 27.0 Å². The summed E-state index contributed by atoms with van der Waals surface area (Å²) in [7, 11) is 1.89. The quantitative estimate of drug-likeness (QED) is 0.594. The number of aliphatic imine (C=N–C) groups is 1. The van der Waals surface area contributed by atoms with Crippen molar-refractivity contribution in [3.8, 4) is 0 Å². The number of nitrogens with one attached hydrogen (secondary N) is 1. The maximum Gasteiger partial charge on any atom is 0.239 e. The fourth-order valence-electron chi connectivity index (χ4n) is 4.85. The minimum Gasteiger partial charge on any atom is -0.356 e. The molecule has 26 heavy (non-hydrogen) atoms. The second kappa shape index (κ2) is 7.37. The summed E-state index contributed by atoms with van der Waals surface area (Å²) < 4.78 is 0. The Bertz CT molecular complexity index is 540. The fraction of sp³-hybridized carbons (Fsp3) is 0.900. The summed E-state index contributed by atoms with van der Waals surface area (Å²) in [5.41, 5.74) is 0.592. The highest BCUT2D eigenvalue weighted by Crippen LogP contribution is 2.60. The van der Waals surface area contributed by atoms with Crippen molar-refractivity contribution in [2.75, 3.05) is 52.9 Å². The Kier molecular flexibility index (Phi) is 5.13. The number of rotatable bonds is 5. The largest absolute Gasteiger partial charge is 0.356 e. The van der Waals surface area contributed by atoms with E-state index in [1.165, 1.54) is 25.7 Å². The third-order valence-corrected chi connectivity index (χ3v) is 7.08. The zero-order valence-electron chi connectivity index (χ0n) is 16.5. The molecule has 1 amide bonds. The van der Waals surface area contributed by atoms with Crippen LogP contribution in [0.25, 0.3) is 0 Å². The van der Waals surface area contributed by atoms with Crippen LogP contribution in [0.1, 0.15) is 45.4 Å².